The first-order chi connectivity index (χ1) is 21.0. The number of rotatable bonds is 5. The molecule has 0 spiro atoms. The van der Waals surface area contributed by atoms with Crippen LogP contribution in [0, 0.1) is 0 Å². The summed E-state index contributed by atoms with van der Waals surface area (Å²) >= 11 is 12.9. The number of halogens is 2. The van der Waals surface area contributed by atoms with E-state index in [-0.39, 0.29) is 11.4 Å². The van der Waals surface area contributed by atoms with Crippen molar-refractivity contribution in [2.24, 2.45) is 5.73 Å². The van der Waals surface area contributed by atoms with Crippen molar-refractivity contribution >= 4 is 35.0 Å². The summed E-state index contributed by atoms with van der Waals surface area (Å²) in [5.41, 5.74) is 11.5. The van der Waals surface area contributed by atoms with Crippen LogP contribution in [0.25, 0.3) is 28.1 Å². The Kier molecular flexibility index (Phi) is 7.90. The number of ether oxygens (including phenoxy) is 1. The van der Waals surface area contributed by atoms with E-state index in [0.717, 1.165) is 47.5 Å². The molecule has 1 saturated heterocycles. The summed E-state index contributed by atoms with van der Waals surface area (Å²) in [5, 5.41) is 5.93. The third-order valence-corrected chi connectivity index (χ3v) is 8.93. The molecule has 44 heavy (non-hydrogen) atoms. The molecule has 1 fully saturated rings. The highest BCUT2D eigenvalue weighted by Gasteiger charge is 2.38. The molecule has 2 aliphatic rings. The van der Waals surface area contributed by atoms with Gasteiger partial charge in [0.05, 0.1) is 29.6 Å². The zero-order chi connectivity index (χ0) is 31.3. The van der Waals surface area contributed by atoms with Crippen LogP contribution in [0.3, 0.4) is 0 Å². The Morgan fingerprint density at radius 3 is 2.43 bits per heavy atom. The van der Waals surface area contributed by atoms with Gasteiger partial charge in [-0.3, -0.25) is 14.6 Å². The second-order valence-electron chi connectivity index (χ2n) is 12.1. The molecule has 0 saturated carbocycles. The first-order valence-electron chi connectivity index (χ1n) is 14.5. The predicted molar refractivity (Wildman–Crippen MR) is 172 cm³/mol. The minimum absolute atomic E-state index is 0.0935. The first kappa shape index (κ1) is 30.1. The number of aromatic nitrogens is 3. The normalized spacial score (nSPS) is 16.2. The zero-order valence-corrected chi connectivity index (χ0v) is 26.7. The molecule has 0 radical (unpaired) electrons. The smallest absolute Gasteiger partial charge is 0.275 e. The predicted octanol–water partition coefficient (Wildman–Crippen LogP) is 5.67. The number of pyridine rings is 1. The van der Waals surface area contributed by atoms with Gasteiger partial charge in [0.15, 0.2) is 5.69 Å². The summed E-state index contributed by atoms with van der Waals surface area (Å²) < 4.78 is 7.58. The molecule has 228 valence electrons. The third kappa shape index (κ3) is 5.44. The Balaban J connectivity index is 1.58. The number of carbonyl (C=O) groups is 2. The number of fused-ring (bicyclic) bond motifs is 3. The molecule has 0 unspecified atom stereocenters. The number of hydrogen-bond donors (Lipinski definition) is 1. The van der Waals surface area contributed by atoms with E-state index in [0.29, 0.717) is 57.7 Å². The fourth-order valence-corrected chi connectivity index (χ4v) is 7.05. The Hall–Kier alpha value is -3.92. The third-order valence-electron chi connectivity index (χ3n) is 8.49. The van der Waals surface area contributed by atoms with Crippen molar-refractivity contribution in [3.63, 3.8) is 0 Å². The number of nitrogens with zero attached hydrogens (tertiary/aromatic N) is 5. The topological polar surface area (TPSA) is 107 Å². The maximum Gasteiger partial charge on any atom is 0.275 e. The van der Waals surface area contributed by atoms with Gasteiger partial charge in [-0.2, -0.15) is 5.10 Å². The molecule has 2 aromatic carbocycles. The number of benzene rings is 2. The molecule has 6 rings (SSSR count). The molecular formula is C33H34Cl2N6O3. The summed E-state index contributed by atoms with van der Waals surface area (Å²) in [6.07, 6.45) is 5.29. The van der Waals surface area contributed by atoms with Gasteiger partial charge in [0.1, 0.15) is 5.75 Å². The molecule has 11 heteroatoms. The summed E-state index contributed by atoms with van der Waals surface area (Å²) in [5.74, 6) is -0.0246. The minimum Gasteiger partial charge on any atom is -0.496 e. The van der Waals surface area contributed by atoms with Crippen molar-refractivity contribution in [3.05, 3.63) is 81.2 Å². The lowest BCUT2D eigenvalue weighted by Gasteiger charge is -2.38. The molecule has 2 amide bonds. The lowest BCUT2D eigenvalue weighted by Crippen LogP contribution is -2.52. The Morgan fingerprint density at radius 2 is 1.73 bits per heavy atom. The molecular weight excluding hydrogens is 599 g/mol. The van der Waals surface area contributed by atoms with Crippen LogP contribution < -0.4 is 10.5 Å². The van der Waals surface area contributed by atoms with E-state index in [4.69, 9.17) is 38.8 Å². The van der Waals surface area contributed by atoms with Gasteiger partial charge >= 0.3 is 0 Å². The number of nitrogens with two attached hydrogens (primary N) is 1. The van der Waals surface area contributed by atoms with Crippen molar-refractivity contribution in [2.45, 2.75) is 38.6 Å². The standard InChI is InChI=1S/C33H34Cl2N6O3/c1-33(2)18-39(3)8-5-9-40(33)32(43)29-25-7-6-19-11-28(44-4)26(20-10-21(31(36)42)17-37-16-20)15-27(19)30(25)41(38-29)24-13-22(34)12-23(35)14-24/h10-17H,5-9,18H2,1-4H3,(H2,36,42). The van der Waals surface area contributed by atoms with Gasteiger partial charge in [-0.15, -0.1) is 0 Å². The average molecular weight is 634 g/mol. The lowest BCUT2D eigenvalue weighted by molar-refractivity contribution is 0.0536. The monoisotopic (exact) mass is 632 g/mol. The quantitative estimate of drug-likeness (QED) is 0.304. The highest BCUT2D eigenvalue weighted by atomic mass is 35.5. The van der Waals surface area contributed by atoms with Crippen molar-refractivity contribution in [2.75, 3.05) is 33.8 Å². The van der Waals surface area contributed by atoms with E-state index in [1.807, 2.05) is 17.0 Å². The number of likely N-dealkylation sites (N-methyl/N-ethyl adjacent to an activating group) is 1. The number of hydrogen-bond acceptors (Lipinski definition) is 6. The number of carbonyl (C=O) groups excluding carboxylic acids is 2. The molecule has 1 aliphatic carbocycles. The van der Waals surface area contributed by atoms with E-state index in [9.17, 15) is 9.59 Å². The van der Waals surface area contributed by atoms with Crippen LogP contribution in [0.2, 0.25) is 10.0 Å². The molecule has 0 atom stereocenters. The van der Waals surface area contributed by atoms with Crippen LogP contribution in [0.15, 0.2) is 48.8 Å². The molecule has 4 aromatic rings. The second-order valence-corrected chi connectivity index (χ2v) is 13.0. The van der Waals surface area contributed by atoms with E-state index < -0.39 is 5.91 Å². The Labute approximate surface area is 266 Å². The molecule has 0 bridgehead atoms. The van der Waals surface area contributed by atoms with E-state index >= 15 is 0 Å². The first-order valence-corrected chi connectivity index (χ1v) is 15.3. The van der Waals surface area contributed by atoms with Crippen LogP contribution in [-0.4, -0.2) is 75.7 Å². The summed E-state index contributed by atoms with van der Waals surface area (Å²) in [7, 11) is 3.70. The second kappa shape index (κ2) is 11.5. The van der Waals surface area contributed by atoms with Crippen molar-refractivity contribution in [1.29, 1.82) is 0 Å². The molecule has 9 nitrogen and oxygen atoms in total. The van der Waals surface area contributed by atoms with Gasteiger partial charge in [-0.1, -0.05) is 23.2 Å². The summed E-state index contributed by atoms with van der Waals surface area (Å²) in [4.78, 5) is 34.9. The number of amides is 2. The maximum atomic E-state index is 14.4. The van der Waals surface area contributed by atoms with Crippen LogP contribution in [0.5, 0.6) is 5.75 Å². The van der Waals surface area contributed by atoms with Crippen molar-refractivity contribution in [1.82, 2.24) is 24.6 Å². The van der Waals surface area contributed by atoms with Crippen LogP contribution in [0.1, 0.15) is 52.2 Å². The summed E-state index contributed by atoms with van der Waals surface area (Å²) in [6, 6.07) is 11.0. The summed E-state index contributed by atoms with van der Waals surface area (Å²) in [6.45, 7) is 6.53. The lowest BCUT2D eigenvalue weighted by atomic mass is 9.86. The van der Waals surface area contributed by atoms with E-state index in [1.165, 1.54) is 6.20 Å². The number of methoxy groups -OCH3 is 1. The highest BCUT2D eigenvalue weighted by molar-refractivity contribution is 6.34. The molecule has 2 N–H and O–H groups in total. The van der Waals surface area contributed by atoms with Gasteiger partial charge < -0.3 is 20.3 Å². The number of aryl methyl sites for hydroxylation is 1. The SMILES string of the molecule is COc1cc2c(cc1-c1cncc(C(N)=O)c1)-c1c(c(C(=O)N3CCCN(C)CC3(C)C)nn1-c1cc(Cl)cc(Cl)c1)CC2. The Morgan fingerprint density at radius 1 is 0.977 bits per heavy atom. The number of primary amides is 1. The average Bonchev–Trinajstić information content (AvgIpc) is 3.31. The minimum atomic E-state index is -0.569. The van der Waals surface area contributed by atoms with Gasteiger partial charge in [0, 0.05) is 57.8 Å². The fourth-order valence-electron chi connectivity index (χ4n) is 6.54. The van der Waals surface area contributed by atoms with Gasteiger partial charge in [0.2, 0.25) is 5.91 Å². The van der Waals surface area contributed by atoms with Crippen molar-refractivity contribution < 1.29 is 14.3 Å². The van der Waals surface area contributed by atoms with Crippen molar-refractivity contribution in [3.8, 4) is 33.8 Å². The van der Waals surface area contributed by atoms with E-state index in [2.05, 4.69) is 30.8 Å². The van der Waals surface area contributed by atoms with E-state index in [1.54, 1.807) is 42.3 Å². The van der Waals surface area contributed by atoms with Crippen LogP contribution >= 0.6 is 23.2 Å². The van der Waals surface area contributed by atoms with Gasteiger partial charge in [-0.25, -0.2) is 4.68 Å². The largest absolute Gasteiger partial charge is 0.496 e. The van der Waals surface area contributed by atoms with Crippen LogP contribution in [0.4, 0.5) is 0 Å². The maximum absolute atomic E-state index is 14.4. The molecule has 1 aliphatic heterocycles. The van der Waals surface area contributed by atoms with Crippen LogP contribution in [-0.2, 0) is 12.8 Å². The molecule has 2 aromatic heterocycles. The highest BCUT2D eigenvalue weighted by Crippen LogP contribution is 2.43. The Bertz CT molecular complexity index is 1780. The molecule has 3 heterocycles. The van der Waals surface area contributed by atoms with Gasteiger partial charge in [-0.05, 0) is 88.7 Å². The zero-order valence-electron chi connectivity index (χ0n) is 25.2. The fraction of sp³-hybridized carbons (Fsp3) is 0.333. The van der Waals surface area contributed by atoms with Gasteiger partial charge in [0.25, 0.3) is 5.91 Å².